The van der Waals surface area contributed by atoms with Crippen LogP contribution in [0.1, 0.15) is 0 Å². The number of non-ortho nitro benzene ring substituents is 1. The zero-order chi connectivity index (χ0) is 17.4. The lowest BCUT2D eigenvalue weighted by molar-refractivity contribution is -0.707. The summed E-state index contributed by atoms with van der Waals surface area (Å²) in [6.07, 6.45) is 0. The summed E-state index contributed by atoms with van der Waals surface area (Å²) in [5.41, 5.74) is -1.27. The summed E-state index contributed by atoms with van der Waals surface area (Å²) in [5, 5.41) is 54.5. The molecule has 1 rings (SSSR count). The van der Waals surface area contributed by atoms with Crippen molar-refractivity contribution >= 4 is 11.4 Å². The van der Waals surface area contributed by atoms with Crippen molar-refractivity contribution in [2.75, 3.05) is 26.3 Å². The van der Waals surface area contributed by atoms with Gasteiger partial charge in [0.05, 0.1) is 34.1 Å². The van der Waals surface area contributed by atoms with Gasteiger partial charge in [-0.15, -0.1) is 5.01 Å². The Labute approximate surface area is 128 Å². The van der Waals surface area contributed by atoms with E-state index in [1.54, 1.807) is 0 Å². The van der Waals surface area contributed by atoms with E-state index in [-0.39, 0.29) is 18.1 Å². The molecule has 0 saturated heterocycles. The number of hydrogen-bond donors (Lipinski definition) is 2. The second-order valence-electron chi connectivity index (χ2n) is 3.99. The smallest absolute Gasteiger partial charge is 0.321 e. The second-order valence-corrected chi connectivity index (χ2v) is 3.99. The fourth-order valence-corrected chi connectivity index (χ4v) is 1.48. The first-order chi connectivity index (χ1) is 10.9. The molecule has 0 radical (unpaired) electrons. The molecule has 0 fully saturated rings. The molecular weight excluding hydrogens is 318 g/mol. The molecule has 0 aromatic heterocycles. The minimum atomic E-state index is -0.924. The van der Waals surface area contributed by atoms with Crippen molar-refractivity contribution in [3.8, 4) is 5.75 Å². The van der Waals surface area contributed by atoms with Crippen LogP contribution in [0, 0.1) is 25.4 Å². The third-order valence-corrected chi connectivity index (χ3v) is 2.52. The molecule has 0 amide bonds. The number of nitrogens with zero attached hydrogens (tertiary/aromatic N) is 5. The molecule has 1 aromatic carbocycles. The molecule has 1 aromatic rings. The molecule has 0 aliphatic heterocycles. The van der Waals surface area contributed by atoms with Crippen LogP contribution >= 0.6 is 0 Å². The van der Waals surface area contributed by atoms with Crippen molar-refractivity contribution in [3.05, 3.63) is 43.6 Å². The minimum absolute atomic E-state index is 0.0996. The molecule has 0 bridgehead atoms. The number of benzene rings is 1. The van der Waals surface area contributed by atoms with Crippen LogP contribution in [0.2, 0.25) is 0 Å². The third kappa shape index (κ3) is 5.01. The monoisotopic (exact) mass is 331 g/mol. The SMILES string of the molecule is O=[N+]([O-])c1ccc(O/N=[N+](\[O-])N(CCO)CCO)c([N+](=O)[O-])c1. The van der Waals surface area contributed by atoms with Crippen LogP contribution in [0.4, 0.5) is 11.4 Å². The van der Waals surface area contributed by atoms with Crippen molar-refractivity contribution in [2.45, 2.75) is 0 Å². The Balaban J connectivity index is 3.01. The Hall–Kier alpha value is -3.06. The maximum atomic E-state index is 11.6. The Morgan fingerprint density at radius 3 is 2.17 bits per heavy atom. The van der Waals surface area contributed by atoms with Gasteiger partial charge in [-0.05, 0) is 6.07 Å². The van der Waals surface area contributed by atoms with Crippen molar-refractivity contribution in [3.63, 3.8) is 0 Å². The second kappa shape index (κ2) is 8.40. The lowest BCUT2D eigenvalue weighted by Crippen LogP contribution is -2.36. The van der Waals surface area contributed by atoms with Gasteiger partial charge in [0.25, 0.3) is 5.69 Å². The van der Waals surface area contributed by atoms with Crippen LogP contribution in [-0.4, -0.2) is 56.3 Å². The van der Waals surface area contributed by atoms with Crippen molar-refractivity contribution in [1.29, 1.82) is 0 Å². The zero-order valence-electron chi connectivity index (χ0n) is 11.6. The number of nitro groups is 2. The van der Waals surface area contributed by atoms with E-state index in [2.05, 4.69) is 10.1 Å². The molecule has 13 nitrogen and oxygen atoms in total. The van der Waals surface area contributed by atoms with Gasteiger partial charge in [-0.1, -0.05) is 0 Å². The summed E-state index contributed by atoms with van der Waals surface area (Å²) < 4.78 is 0. The highest BCUT2D eigenvalue weighted by Gasteiger charge is 2.22. The maximum absolute atomic E-state index is 11.6. The van der Waals surface area contributed by atoms with E-state index >= 15 is 0 Å². The Bertz CT molecular complexity index is 601. The fourth-order valence-electron chi connectivity index (χ4n) is 1.48. The average Bonchev–Trinajstić information content (AvgIpc) is 2.51. The van der Waals surface area contributed by atoms with Gasteiger partial charge in [-0.3, -0.25) is 25.1 Å². The predicted molar refractivity (Wildman–Crippen MR) is 72.2 cm³/mol. The van der Waals surface area contributed by atoms with Crippen LogP contribution in [0.15, 0.2) is 23.5 Å². The van der Waals surface area contributed by atoms with E-state index < -0.39 is 40.2 Å². The van der Waals surface area contributed by atoms with Crippen LogP contribution in [0.5, 0.6) is 5.75 Å². The number of rotatable bonds is 9. The topological polar surface area (TPSA) is 178 Å². The first kappa shape index (κ1) is 18.0. The summed E-state index contributed by atoms with van der Waals surface area (Å²) in [6, 6.07) is 2.54. The average molecular weight is 331 g/mol. The third-order valence-electron chi connectivity index (χ3n) is 2.52. The molecule has 0 atom stereocenters. The normalized spacial score (nSPS) is 11.1. The molecule has 0 spiro atoms. The molecule has 126 valence electrons. The molecule has 0 unspecified atom stereocenters. The van der Waals surface area contributed by atoms with Gasteiger partial charge < -0.3 is 15.4 Å². The van der Waals surface area contributed by atoms with E-state index in [0.29, 0.717) is 6.07 Å². The summed E-state index contributed by atoms with van der Waals surface area (Å²) in [7, 11) is 0. The number of aliphatic hydroxyl groups is 2. The van der Waals surface area contributed by atoms with Gasteiger partial charge in [-0.25, -0.2) is 0 Å². The van der Waals surface area contributed by atoms with Gasteiger partial charge in [0.2, 0.25) is 11.0 Å². The summed E-state index contributed by atoms with van der Waals surface area (Å²) in [4.78, 5) is 24.3. The first-order valence-electron chi connectivity index (χ1n) is 6.15. The highest BCUT2D eigenvalue weighted by atomic mass is 16.7. The zero-order valence-corrected chi connectivity index (χ0v) is 11.6. The van der Waals surface area contributed by atoms with Crippen LogP contribution < -0.4 is 4.84 Å². The number of hydrazine groups is 1. The molecule has 23 heavy (non-hydrogen) atoms. The molecule has 2 N–H and O–H groups in total. The molecule has 0 saturated carbocycles. The van der Waals surface area contributed by atoms with Gasteiger partial charge in [0.1, 0.15) is 13.1 Å². The molecule has 13 heteroatoms. The maximum Gasteiger partial charge on any atom is 0.321 e. The van der Waals surface area contributed by atoms with Gasteiger partial charge in [-0.2, -0.15) is 0 Å². The van der Waals surface area contributed by atoms with E-state index in [1.165, 1.54) is 0 Å². The standard InChI is InChI=1S/C10H13N5O8/c16-5-3-12(4-6-17)15(22)11-23-10-2-1-8(13(18)19)7-9(10)14(20)21/h1-2,7,16-17H,3-6H2/b15-11-. The van der Waals surface area contributed by atoms with E-state index in [9.17, 15) is 25.4 Å². The van der Waals surface area contributed by atoms with Gasteiger partial charge in [0.15, 0.2) is 0 Å². The van der Waals surface area contributed by atoms with Crippen molar-refractivity contribution in [1.82, 2.24) is 5.01 Å². The summed E-state index contributed by atoms with van der Waals surface area (Å²) in [6.45, 7) is -1.10. The lowest BCUT2D eigenvalue weighted by Gasteiger charge is -2.15. The summed E-state index contributed by atoms with van der Waals surface area (Å²) in [5.74, 6) is -0.477. The van der Waals surface area contributed by atoms with Crippen LogP contribution in [0.25, 0.3) is 0 Å². The quantitative estimate of drug-likeness (QED) is 0.272. The van der Waals surface area contributed by atoms with Crippen LogP contribution in [0.3, 0.4) is 0 Å². The summed E-state index contributed by atoms with van der Waals surface area (Å²) >= 11 is 0. The van der Waals surface area contributed by atoms with E-state index in [0.717, 1.165) is 17.1 Å². The first-order valence-corrected chi connectivity index (χ1v) is 6.15. The van der Waals surface area contributed by atoms with E-state index in [1.807, 2.05) is 0 Å². The van der Waals surface area contributed by atoms with E-state index in [4.69, 9.17) is 10.2 Å². The van der Waals surface area contributed by atoms with Crippen molar-refractivity contribution in [2.24, 2.45) is 5.28 Å². The lowest BCUT2D eigenvalue weighted by atomic mass is 10.2. The molecule has 0 heterocycles. The van der Waals surface area contributed by atoms with Gasteiger partial charge in [0, 0.05) is 6.07 Å². The Kier molecular flexibility index (Phi) is 6.57. The van der Waals surface area contributed by atoms with Crippen LogP contribution in [-0.2, 0) is 0 Å². The molecular formula is C10H13N5O8. The van der Waals surface area contributed by atoms with Crippen molar-refractivity contribution < 1.29 is 29.9 Å². The number of aliphatic hydroxyl groups excluding tert-OH is 2. The predicted octanol–water partition coefficient (Wildman–Crippen LogP) is -0.0391. The largest absolute Gasteiger partial charge is 0.569 e. The Morgan fingerprint density at radius 2 is 1.70 bits per heavy atom. The molecule has 0 aliphatic carbocycles. The Morgan fingerprint density at radius 1 is 1.09 bits per heavy atom. The number of nitro benzene ring substituents is 2. The highest BCUT2D eigenvalue weighted by Crippen LogP contribution is 2.31. The minimum Gasteiger partial charge on any atom is -0.569 e. The molecule has 0 aliphatic rings. The number of hydrogen-bond acceptors (Lipinski definition) is 9. The highest BCUT2D eigenvalue weighted by molar-refractivity contribution is 5.53. The fraction of sp³-hybridized carbons (Fsp3) is 0.400. The van der Waals surface area contributed by atoms with Gasteiger partial charge >= 0.3 is 5.69 Å².